The molecule has 1 aliphatic rings. The number of nitrogens with zero attached hydrogens (tertiary/aromatic N) is 2. The fourth-order valence-corrected chi connectivity index (χ4v) is 3.10. The van der Waals surface area contributed by atoms with Crippen molar-refractivity contribution in [2.45, 2.75) is 12.5 Å². The quantitative estimate of drug-likeness (QED) is 0.753. The summed E-state index contributed by atoms with van der Waals surface area (Å²) in [6.45, 7) is 3.98. The monoisotopic (exact) mass is 348 g/mol. The molecule has 0 radical (unpaired) electrons. The van der Waals surface area contributed by atoms with Crippen LogP contribution in [-0.2, 0) is 4.79 Å². The number of ether oxygens (including phenoxy) is 1. The van der Waals surface area contributed by atoms with E-state index in [1.165, 1.54) is 0 Å². The Labute approximate surface area is 155 Å². The second kappa shape index (κ2) is 9.07. The van der Waals surface area contributed by atoms with Gasteiger partial charge in [-0.25, -0.2) is 0 Å². The van der Waals surface area contributed by atoms with Gasteiger partial charge in [-0.1, -0.05) is 48.5 Å². The molecule has 1 atom stereocenters. The summed E-state index contributed by atoms with van der Waals surface area (Å²) in [5, 5.41) is 0. The van der Waals surface area contributed by atoms with Crippen LogP contribution in [-0.4, -0.2) is 48.4 Å². The van der Waals surface area contributed by atoms with E-state index in [1.54, 1.807) is 0 Å². The van der Waals surface area contributed by atoms with Gasteiger partial charge in [-0.2, -0.15) is 0 Å². The first-order valence-corrected chi connectivity index (χ1v) is 8.99. The molecule has 4 heteroatoms. The fourth-order valence-electron chi connectivity index (χ4n) is 3.10. The maximum Gasteiger partial charge on any atom is 0.268 e. The molecular weight excluding hydrogens is 324 g/mol. The summed E-state index contributed by atoms with van der Waals surface area (Å²) in [7, 11) is 0. The molecule has 1 amide bonds. The van der Waals surface area contributed by atoms with Crippen molar-refractivity contribution in [3.63, 3.8) is 0 Å². The summed E-state index contributed by atoms with van der Waals surface area (Å²) in [6.07, 6.45) is 5.46. The third-order valence-corrected chi connectivity index (χ3v) is 4.58. The lowest BCUT2D eigenvalue weighted by atomic mass is 10.1. The van der Waals surface area contributed by atoms with Crippen molar-refractivity contribution in [3.8, 4) is 18.1 Å². The lowest BCUT2D eigenvalue weighted by Gasteiger charge is -2.36. The highest BCUT2D eigenvalue weighted by atomic mass is 16.5. The van der Waals surface area contributed by atoms with Gasteiger partial charge in [-0.05, 0) is 12.1 Å². The van der Waals surface area contributed by atoms with Crippen molar-refractivity contribution in [3.05, 3.63) is 66.2 Å². The largest absolute Gasteiger partial charge is 0.476 e. The molecule has 0 aliphatic carbocycles. The Balaban J connectivity index is 1.71. The maximum atomic E-state index is 13.2. The number of piperazine rings is 1. The highest BCUT2D eigenvalue weighted by Crippen LogP contribution is 2.24. The molecule has 134 valence electrons. The third-order valence-electron chi connectivity index (χ3n) is 4.58. The minimum atomic E-state index is -0.629. The Morgan fingerprint density at radius 3 is 2.23 bits per heavy atom. The molecule has 1 unspecified atom stereocenters. The first kappa shape index (κ1) is 18.0. The van der Waals surface area contributed by atoms with Gasteiger partial charge in [0.1, 0.15) is 5.75 Å². The lowest BCUT2D eigenvalue weighted by Crippen LogP contribution is -2.50. The number of rotatable bonds is 6. The van der Waals surface area contributed by atoms with Crippen LogP contribution in [0.1, 0.15) is 18.1 Å². The summed E-state index contributed by atoms with van der Waals surface area (Å²) in [4.78, 5) is 17.4. The fraction of sp³-hybridized carbons (Fsp3) is 0.318. The van der Waals surface area contributed by atoms with Gasteiger partial charge in [0.2, 0.25) is 6.10 Å². The van der Waals surface area contributed by atoms with Crippen molar-refractivity contribution in [1.82, 2.24) is 9.80 Å². The Kier molecular flexibility index (Phi) is 6.29. The van der Waals surface area contributed by atoms with Crippen molar-refractivity contribution in [1.29, 1.82) is 0 Å². The Morgan fingerprint density at radius 2 is 1.62 bits per heavy atom. The van der Waals surface area contributed by atoms with Crippen LogP contribution in [0.15, 0.2) is 60.7 Å². The highest BCUT2D eigenvalue weighted by Gasteiger charge is 2.30. The number of benzene rings is 2. The second-order valence-corrected chi connectivity index (χ2v) is 6.34. The Morgan fingerprint density at radius 1 is 1.00 bits per heavy atom. The molecule has 0 aromatic heterocycles. The van der Waals surface area contributed by atoms with Crippen LogP contribution in [0, 0.1) is 12.3 Å². The van der Waals surface area contributed by atoms with Gasteiger partial charge in [0.15, 0.2) is 0 Å². The van der Waals surface area contributed by atoms with Gasteiger partial charge in [-0.15, -0.1) is 12.3 Å². The van der Waals surface area contributed by atoms with Crippen LogP contribution in [0.4, 0.5) is 0 Å². The van der Waals surface area contributed by atoms with E-state index in [0.29, 0.717) is 18.8 Å². The van der Waals surface area contributed by atoms with Gasteiger partial charge in [0, 0.05) is 44.7 Å². The predicted octanol–water partition coefficient (Wildman–Crippen LogP) is 2.97. The molecule has 1 fully saturated rings. The zero-order chi connectivity index (χ0) is 18.2. The molecule has 3 rings (SSSR count). The molecule has 26 heavy (non-hydrogen) atoms. The highest BCUT2D eigenvalue weighted by molar-refractivity contribution is 5.82. The second-order valence-electron chi connectivity index (χ2n) is 6.34. The van der Waals surface area contributed by atoms with E-state index in [0.717, 1.165) is 31.6 Å². The molecule has 1 saturated heterocycles. The topological polar surface area (TPSA) is 32.8 Å². The summed E-state index contributed by atoms with van der Waals surface area (Å²) >= 11 is 0. The molecule has 2 aromatic rings. The first-order chi connectivity index (χ1) is 12.8. The molecule has 2 aromatic carbocycles. The van der Waals surface area contributed by atoms with Crippen molar-refractivity contribution < 1.29 is 9.53 Å². The molecule has 4 nitrogen and oxygen atoms in total. The maximum absolute atomic E-state index is 13.2. The van der Waals surface area contributed by atoms with Crippen LogP contribution < -0.4 is 4.74 Å². The van der Waals surface area contributed by atoms with E-state index >= 15 is 0 Å². The lowest BCUT2D eigenvalue weighted by molar-refractivity contribution is -0.140. The van der Waals surface area contributed by atoms with Gasteiger partial charge >= 0.3 is 0 Å². The molecular formula is C22H24N2O2. The normalized spacial score (nSPS) is 15.9. The molecule has 0 saturated carbocycles. The Bertz CT molecular complexity index is 732. The van der Waals surface area contributed by atoms with E-state index in [1.807, 2.05) is 65.6 Å². The van der Waals surface area contributed by atoms with Crippen LogP contribution >= 0.6 is 0 Å². The number of carbonyl (C=O) groups excluding carboxylic acids is 1. The number of terminal acetylenes is 1. The van der Waals surface area contributed by atoms with Crippen molar-refractivity contribution in [2.24, 2.45) is 0 Å². The van der Waals surface area contributed by atoms with E-state index < -0.39 is 6.10 Å². The molecule has 0 N–H and O–H groups in total. The van der Waals surface area contributed by atoms with E-state index in [-0.39, 0.29) is 5.91 Å². The van der Waals surface area contributed by atoms with E-state index in [2.05, 4.69) is 10.8 Å². The average Bonchev–Trinajstić information content (AvgIpc) is 2.72. The standard InChI is InChI=1S/C22H24N2O2/c1-2-3-14-23-15-17-24(18-16-23)22(25)21(19-10-6-4-7-11-19)26-20-12-8-5-9-13-20/h1,4-13,21H,3,14-18H2. The van der Waals surface area contributed by atoms with Crippen LogP contribution in [0.3, 0.4) is 0 Å². The summed E-state index contributed by atoms with van der Waals surface area (Å²) < 4.78 is 6.08. The smallest absolute Gasteiger partial charge is 0.268 e. The van der Waals surface area contributed by atoms with E-state index in [4.69, 9.17) is 11.2 Å². The zero-order valence-corrected chi connectivity index (χ0v) is 14.9. The SMILES string of the molecule is C#CCCN1CCN(C(=O)C(Oc2ccccc2)c2ccccc2)CC1. The summed E-state index contributed by atoms with van der Waals surface area (Å²) in [5.41, 5.74) is 0.871. The molecule has 1 aliphatic heterocycles. The number of amides is 1. The number of hydrogen-bond acceptors (Lipinski definition) is 3. The molecule has 0 bridgehead atoms. The zero-order valence-electron chi connectivity index (χ0n) is 14.9. The first-order valence-electron chi connectivity index (χ1n) is 8.99. The Hall–Kier alpha value is -2.77. The molecule has 1 heterocycles. The summed E-state index contributed by atoms with van der Waals surface area (Å²) in [5.74, 6) is 3.38. The van der Waals surface area contributed by atoms with Crippen LogP contribution in [0.5, 0.6) is 5.75 Å². The number of carbonyl (C=O) groups is 1. The summed E-state index contributed by atoms with van der Waals surface area (Å²) in [6, 6.07) is 19.2. The average molecular weight is 348 g/mol. The van der Waals surface area contributed by atoms with Crippen molar-refractivity contribution in [2.75, 3.05) is 32.7 Å². The van der Waals surface area contributed by atoms with Gasteiger partial charge in [-0.3, -0.25) is 9.69 Å². The predicted molar refractivity (Wildman–Crippen MR) is 103 cm³/mol. The van der Waals surface area contributed by atoms with Gasteiger partial charge < -0.3 is 9.64 Å². The number of para-hydroxylation sites is 1. The minimum absolute atomic E-state index is 0.0108. The third kappa shape index (κ3) is 4.65. The van der Waals surface area contributed by atoms with Gasteiger partial charge in [0.05, 0.1) is 0 Å². The van der Waals surface area contributed by atoms with E-state index in [9.17, 15) is 4.79 Å². The van der Waals surface area contributed by atoms with Crippen LogP contribution in [0.2, 0.25) is 0 Å². The molecule has 0 spiro atoms. The van der Waals surface area contributed by atoms with Crippen LogP contribution in [0.25, 0.3) is 0 Å². The van der Waals surface area contributed by atoms with Gasteiger partial charge in [0.25, 0.3) is 5.91 Å². The number of hydrogen-bond donors (Lipinski definition) is 0. The van der Waals surface area contributed by atoms with Crippen molar-refractivity contribution >= 4 is 5.91 Å². The minimum Gasteiger partial charge on any atom is -0.476 e.